The first-order chi connectivity index (χ1) is 11.0. The molecule has 2 amide bonds. The number of nitrogens with one attached hydrogen (secondary N) is 2. The Labute approximate surface area is 134 Å². The molecule has 120 valence electrons. The van der Waals surface area contributed by atoms with Gasteiger partial charge in [-0.15, -0.1) is 0 Å². The summed E-state index contributed by atoms with van der Waals surface area (Å²) in [4.78, 5) is 23.6. The zero-order valence-electron chi connectivity index (χ0n) is 13.2. The minimum Gasteiger partial charge on any atom is -0.347 e. The van der Waals surface area contributed by atoms with Gasteiger partial charge in [0, 0.05) is 12.2 Å². The van der Waals surface area contributed by atoms with Crippen molar-refractivity contribution in [2.45, 2.75) is 20.3 Å². The van der Waals surface area contributed by atoms with E-state index in [0.717, 1.165) is 11.1 Å². The van der Waals surface area contributed by atoms with Gasteiger partial charge in [-0.05, 0) is 43.5 Å². The SMILES string of the molecule is Cc1ccc(NC(=O)C(=O)NCCc2ccccc2F)c(C)c1. The van der Waals surface area contributed by atoms with E-state index in [1.807, 2.05) is 26.0 Å². The average molecular weight is 314 g/mol. The molecular weight excluding hydrogens is 295 g/mol. The van der Waals surface area contributed by atoms with Crippen LogP contribution in [0.1, 0.15) is 16.7 Å². The van der Waals surface area contributed by atoms with Crippen molar-refractivity contribution in [1.29, 1.82) is 0 Å². The van der Waals surface area contributed by atoms with Crippen molar-refractivity contribution in [3.8, 4) is 0 Å². The molecule has 2 rings (SSSR count). The Balaban J connectivity index is 1.86. The smallest absolute Gasteiger partial charge is 0.313 e. The summed E-state index contributed by atoms with van der Waals surface area (Å²) in [6.45, 7) is 4.01. The molecule has 0 heterocycles. The fourth-order valence-electron chi connectivity index (χ4n) is 2.23. The summed E-state index contributed by atoms with van der Waals surface area (Å²) in [6, 6.07) is 11.9. The normalized spacial score (nSPS) is 10.2. The lowest BCUT2D eigenvalue weighted by atomic mass is 10.1. The molecule has 5 heteroatoms. The van der Waals surface area contributed by atoms with Gasteiger partial charge >= 0.3 is 11.8 Å². The van der Waals surface area contributed by atoms with Crippen LogP contribution in [0.25, 0.3) is 0 Å². The third kappa shape index (κ3) is 4.64. The van der Waals surface area contributed by atoms with E-state index in [2.05, 4.69) is 10.6 Å². The van der Waals surface area contributed by atoms with Crippen LogP contribution in [-0.2, 0) is 16.0 Å². The second-order valence-corrected chi connectivity index (χ2v) is 5.37. The number of rotatable bonds is 4. The number of halogens is 1. The molecule has 0 atom stereocenters. The van der Waals surface area contributed by atoms with Crippen LogP contribution >= 0.6 is 0 Å². The van der Waals surface area contributed by atoms with E-state index in [9.17, 15) is 14.0 Å². The summed E-state index contributed by atoms with van der Waals surface area (Å²) in [5.41, 5.74) is 3.07. The van der Waals surface area contributed by atoms with Gasteiger partial charge in [0.2, 0.25) is 0 Å². The van der Waals surface area contributed by atoms with Gasteiger partial charge in [0.05, 0.1) is 0 Å². The highest BCUT2D eigenvalue weighted by Crippen LogP contribution is 2.15. The van der Waals surface area contributed by atoms with Gasteiger partial charge in [-0.3, -0.25) is 9.59 Å². The van der Waals surface area contributed by atoms with Gasteiger partial charge in [-0.25, -0.2) is 4.39 Å². The molecule has 0 saturated carbocycles. The third-order valence-electron chi connectivity index (χ3n) is 3.47. The molecule has 0 spiro atoms. The highest BCUT2D eigenvalue weighted by Gasteiger charge is 2.14. The summed E-state index contributed by atoms with van der Waals surface area (Å²) >= 11 is 0. The molecule has 2 aromatic carbocycles. The van der Waals surface area contributed by atoms with Gasteiger partial charge < -0.3 is 10.6 Å². The Bertz CT molecular complexity index is 729. The molecule has 4 nitrogen and oxygen atoms in total. The number of amides is 2. The topological polar surface area (TPSA) is 58.2 Å². The maximum absolute atomic E-state index is 13.4. The number of hydrogen-bond donors (Lipinski definition) is 2. The predicted molar refractivity (Wildman–Crippen MR) is 87.7 cm³/mol. The van der Waals surface area contributed by atoms with E-state index in [4.69, 9.17) is 0 Å². The Morgan fingerprint density at radius 2 is 1.78 bits per heavy atom. The van der Waals surface area contributed by atoms with Crippen LogP contribution < -0.4 is 10.6 Å². The number of carbonyl (C=O) groups is 2. The van der Waals surface area contributed by atoms with Crippen molar-refractivity contribution in [2.24, 2.45) is 0 Å². The Morgan fingerprint density at radius 3 is 2.48 bits per heavy atom. The molecule has 0 aliphatic heterocycles. The summed E-state index contributed by atoms with van der Waals surface area (Å²) in [5.74, 6) is -1.78. The second kappa shape index (κ2) is 7.54. The van der Waals surface area contributed by atoms with Gasteiger partial charge in [0.25, 0.3) is 0 Å². The lowest BCUT2D eigenvalue weighted by Gasteiger charge is -2.09. The third-order valence-corrected chi connectivity index (χ3v) is 3.47. The van der Waals surface area contributed by atoms with Crippen molar-refractivity contribution < 1.29 is 14.0 Å². The van der Waals surface area contributed by atoms with Crippen molar-refractivity contribution in [3.63, 3.8) is 0 Å². The van der Waals surface area contributed by atoms with Gasteiger partial charge in [0.15, 0.2) is 0 Å². The molecule has 0 aliphatic rings. The zero-order chi connectivity index (χ0) is 16.8. The second-order valence-electron chi connectivity index (χ2n) is 5.37. The van der Waals surface area contributed by atoms with Crippen molar-refractivity contribution >= 4 is 17.5 Å². The highest BCUT2D eigenvalue weighted by molar-refractivity contribution is 6.39. The summed E-state index contributed by atoms with van der Waals surface area (Å²) in [7, 11) is 0. The van der Waals surface area contributed by atoms with E-state index in [1.54, 1.807) is 24.3 Å². The van der Waals surface area contributed by atoms with Gasteiger partial charge in [-0.2, -0.15) is 0 Å². The number of hydrogen-bond acceptors (Lipinski definition) is 2. The standard InChI is InChI=1S/C18H19FN2O2/c1-12-7-8-16(13(2)11-12)21-18(23)17(22)20-10-9-14-5-3-4-6-15(14)19/h3-8,11H,9-10H2,1-2H3,(H,20,22)(H,21,23). The van der Waals surface area contributed by atoms with Crippen LogP contribution in [-0.4, -0.2) is 18.4 Å². The fraction of sp³-hybridized carbons (Fsp3) is 0.222. The van der Waals surface area contributed by atoms with E-state index < -0.39 is 11.8 Å². The zero-order valence-corrected chi connectivity index (χ0v) is 13.2. The molecule has 0 aliphatic carbocycles. The van der Waals surface area contributed by atoms with E-state index in [1.165, 1.54) is 6.07 Å². The molecule has 0 aromatic heterocycles. The summed E-state index contributed by atoms with van der Waals surface area (Å²) in [6.07, 6.45) is 0.329. The monoisotopic (exact) mass is 314 g/mol. The van der Waals surface area contributed by atoms with Crippen LogP contribution in [0.5, 0.6) is 0 Å². The molecule has 0 radical (unpaired) electrons. The number of benzene rings is 2. The highest BCUT2D eigenvalue weighted by atomic mass is 19.1. The molecule has 0 unspecified atom stereocenters. The minimum absolute atomic E-state index is 0.195. The lowest BCUT2D eigenvalue weighted by Crippen LogP contribution is -2.36. The Kier molecular flexibility index (Phi) is 5.46. The van der Waals surface area contributed by atoms with E-state index in [-0.39, 0.29) is 12.4 Å². The average Bonchev–Trinajstić information content (AvgIpc) is 2.51. The molecule has 0 saturated heterocycles. The molecular formula is C18H19FN2O2. The first-order valence-corrected chi connectivity index (χ1v) is 7.37. The number of anilines is 1. The maximum Gasteiger partial charge on any atom is 0.313 e. The van der Waals surface area contributed by atoms with Crippen molar-refractivity contribution in [1.82, 2.24) is 5.32 Å². The van der Waals surface area contributed by atoms with Crippen LogP contribution in [0.3, 0.4) is 0 Å². The lowest BCUT2D eigenvalue weighted by molar-refractivity contribution is -0.136. The maximum atomic E-state index is 13.4. The van der Waals surface area contributed by atoms with Crippen molar-refractivity contribution in [2.75, 3.05) is 11.9 Å². The molecule has 0 bridgehead atoms. The molecule has 2 N–H and O–H groups in total. The van der Waals surface area contributed by atoms with Gasteiger partial charge in [0.1, 0.15) is 5.82 Å². The Morgan fingerprint density at radius 1 is 1.04 bits per heavy atom. The van der Waals surface area contributed by atoms with Crippen LogP contribution in [0.4, 0.5) is 10.1 Å². The largest absolute Gasteiger partial charge is 0.347 e. The fourth-order valence-corrected chi connectivity index (χ4v) is 2.23. The van der Waals surface area contributed by atoms with Crippen LogP contribution in [0.2, 0.25) is 0 Å². The first-order valence-electron chi connectivity index (χ1n) is 7.37. The molecule has 2 aromatic rings. The van der Waals surface area contributed by atoms with Crippen LogP contribution in [0, 0.1) is 19.7 Å². The van der Waals surface area contributed by atoms with Crippen LogP contribution in [0.15, 0.2) is 42.5 Å². The molecule has 23 heavy (non-hydrogen) atoms. The first kappa shape index (κ1) is 16.7. The van der Waals surface area contributed by atoms with Crippen molar-refractivity contribution in [3.05, 3.63) is 65.0 Å². The number of aryl methyl sites for hydroxylation is 2. The predicted octanol–water partition coefficient (Wildman–Crippen LogP) is 2.74. The summed E-state index contributed by atoms with van der Waals surface area (Å²) in [5, 5.41) is 5.06. The molecule has 0 fully saturated rings. The number of carbonyl (C=O) groups excluding carboxylic acids is 2. The Hall–Kier alpha value is -2.69. The van der Waals surface area contributed by atoms with E-state index >= 15 is 0 Å². The van der Waals surface area contributed by atoms with E-state index in [0.29, 0.717) is 17.7 Å². The van der Waals surface area contributed by atoms with Gasteiger partial charge in [-0.1, -0.05) is 35.9 Å². The minimum atomic E-state index is -0.735. The summed E-state index contributed by atoms with van der Waals surface area (Å²) < 4.78 is 13.4. The quantitative estimate of drug-likeness (QED) is 0.853.